The van der Waals surface area contributed by atoms with E-state index in [4.69, 9.17) is 4.42 Å². The van der Waals surface area contributed by atoms with Gasteiger partial charge < -0.3 is 15.1 Å². The second-order valence-corrected chi connectivity index (χ2v) is 4.99. The molecule has 0 aliphatic heterocycles. The molecule has 1 aromatic heterocycles. The van der Waals surface area contributed by atoms with Crippen molar-refractivity contribution in [3.63, 3.8) is 0 Å². The summed E-state index contributed by atoms with van der Waals surface area (Å²) in [4.78, 5) is 23.2. The van der Waals surface area contributed by atoms with Gasteiger partial charge in [0.2, 0.25) is 5.91 Å². The number of nitrogens with one attached hydrogen (secondary N) is 2. The summed E-state index contributed by atoms with van der Waals surface area (Å²) in [7, 11) is 0. The lowest BCUT2D eigenvalue weighted by atomic mass is 10.1. The molecule has 2 amide bonds. The number of halogens is 3. The summed E-state index contributed by atoms with van der Waals surface area (Å²) in [6.07, 6.45) is -1.36. The van der Waals surface area contributed by atoms with Crippen molar-refractivity contribution in [3.8, 4) is 0 Å². The summed E-state index contributed by atoms with van der Waals surface area (Å²) in [6.45, 7) is 0.0583. The molecule has 0 bridgehead atoms. The molecule has 1 heterocycles. The highest BCUT2D eigenvalue weighted by molar-refractivity contribution is 5.96. The van der Waals surface area contributed by atoms with E-state index in [2.05, 4.69) is 10.6 Å². The number of hydrogen-bond donors (Lipinski definition) is 2. The van der Waals surface area contributed by atoms with Gasteiger partial charge in [-0.3, -0.25) is 9.59 Å². The first-order valence-corrected chi connectivity index (χ1v) is 7.09. The van der Waals surface area contributed by atoms with Crippen LogP contribution in [0.4, 0.5) is 13.2 Å². The van der Waals surface area contributed by atoms with E-state index < -0.39 is 23.6 Å². The summed E-state index contributed by atoms with van der Waals surface area (Å²) in [6, 6.07) is 6.22. The van der Waals surface area contributed by atoms with Crippen molar-refractivity contribution in [1.29, 1.82) is 0 Å². The molecule has 0 fully saturated rings. The summed E-state index contributed by atoms with van der Waals surface area (Å²) >= 11 is 0. The lowest BCUT2D eigenvalue weighted by Crippen LogP contribution is -2.37. The van der Waals surface area contributed by atoms with Crippen molar-refractivity contribution >= 4 is 11.8 Å². The first-order valence-electron chi connectivity index (χ1n) is 7.09. The number of benzene rings is 1. The van der Waals surface area contributed by atoms with Crippen LogP contribution in [0.1, 0.15) is 21.5 Å². The van der Waals surface area contributed by atoms with Crippen LogP contribution in [0, 0.1) is 0 Å². The van der Waals surface area contributed by atoms with Crippen LogP contribution < -0.4 is 10.6 Å². The van der Waals surface area contributed by atoms with E-state index in [9.17, 15) is 22.8 Å². The van der Waals surface area contributed by atoms with Crippen LogP contribution in [0.5, 0.6) is 0 Å². The SMILES string of the molecule is O=C(CNC(=O)c1ccoc1)NCCc1ccc(C(F)(F)F)cc1. The third-order valence-electron chi connectivity index (χ3n) is 3.21. The Bertz CT molecular complexity index is 680. The lowest BCUT2D eigenvalue weighted by molar-refractivity contribution is -0.137. The minimum Gasteiger partial charge on any atom is -0.472 e. The molecular formula is C16H15F3N2O3. The molecule has 0 spiro atoms. The van der Waals surface area contributed by atoms with Gasteiger partial charge in [0.05, 0.1) is 23.9 Å². The molecule has 5 nitrogen and oxygen atoms in total. The highest BCUT2D eigenvalue weighted by Gasteiger charge is 2.29. The molecule has 0 atom stereocenters. The third kappa shape index (κ3) is 5.15. The molecule has 0 aliphatic rings. The summed E-state index contributed by atoms with van der Waals surface area (Å²) in [5, 5.41) is 5.00. The van der Waals surface area contributed by atoms with Crippen molar-refractivity contribution in [2.24, 2.45) is 0 Å². The fraction of sp³-hybridized carbons (Fsp3) is 0.250. The van der Waals surface area contributed by atoms with Crippen LogP contribution in [-0.2, 0) is 17.4 Å². The normalized spacial score (nSPS) is 11.1. The number of carbonyl (C=O) groups excluding carboxylic acids is 2. The molecule has 1 aromatic carbocycles. The fourth-order valence-corrected chi connectivity index (χ4v) is 1.93. The average molecular weight is 340 g/mol. The zero-order valence-electron chi connectivity index (χ0n) is 12.5. The van der Waals surface area contributed by atoms with Crippen molar-refractivity contribution in [2.75, 3.05) is 13.1 Å². The highest BCUT2D eigenvalue weighted by Crippen LogP contribution is 2.29. The van der Waals surface area contributed by atoms with E-state index in [0.717, 1.165) is 12.1 Å². The van der Waals surface area contributed by atoms with E-state index in [1.165, 1.54) is 30.7 Å². The minimum atomic E-state index is -4.36. The second kappa shape index (κ2) is 7.67. The number of alkyl halides is 3. The van der Waals surface area contributed by atoms with Gasteiger partial charge in [0.1, 0.15) is 6.26 Å². The maximum Gasteiger partial charge on any atom is 0.416 e. The van der Waals surface area contributed by atoms with Crippen molar-refractivity contribution in [3.05, 3.63) is 59.5 Å². The molecular weight excluding hydrogens is 325 g/mol. The molecule has 2 aromatic rings. The zero-order chi connectivity index (χ0) is 17.6. The van der Waals surface area contributed by atoms with Crippen LogP contribution in [0.15, 0.2) is 47.3 Å². The second-order valence-electron chi connectivity index (χ2n) is 4.99. The van der Waals surface area contributed by atoms with E-state index >= 15 is 0 Å². The Kier molecular flexibility index (Phi) is 5.62. The topological polar surface area (TPSA) is 71.3 Å². The predicted molar refractivity (Wildman–Crippen MR) is 79.2 cm³/mol. The molecule has 24 heavy (non-hydrogen) atoms. The van der Waals surface area contributed by atoms with Crippen molar-refractivity contribution in [2.45, 2.75) is 12.6 Å². The molecule has 128 valence electrons. The van der Waals surface area contributed by atoms with Gasteiger partial charge in [0.15, 0.2) is 0 Å². The molecule has 2 rings (SSSR count). The molecule has 0 radical (unpaired) electrons. The Morgan fingerprint density at radius 3 is 2.33 bits per heavy atom. The van der Waals surface area contributed by atoms with Gasteiger partial charge in [-0.2, -0.15) is 13.2 Å². The Morgan fingerprint density at radius 2 is 1.75 bits per heavy atom. The molecule has 0 saturated heterocycles. The van der Waals surface area contributed by atoms with Gasteiger partial charge in [-0.1, -0.05) is 12.1 Å². The standard InChI is InChI=1S/C16H15F3N2O3/c17-16(18,19)13-3-1-11(2-4-13)5-7-20-14(22)9-21-15(23)12-6-8-24-10-12/h1-4,6,8,10H,5,7,9H2,(H,20,22)(H,21,23). The van der Waals surface area contributed by atoms with Crippen molar-refractivity contribution in [1.82, 2.24) is 10.6 Å². The Morgan fingerprint density at radius 1 is 1.04 bits per heavy atom. The van der Waals surface area contributed by atoms with Crippen LogP contribution >= 0.6 is 0 Å². The molecule has 0 saturated carbocycles. The van der Waals surface area contributed by atoms with E-state index in [-0.39, 0.29) is 13.1 Å². The Labute approximate surface area is 135 Å². The monoisotopic (exact) mass is 340 g/mol. The summed E-state index contributed by atoms with van der Waals surface area (Å²) in [5.41, 5.74) is 0.274. The van der Waals surface area contributed by atoms with Gasteiger partial charge in [-0.25, -0.2) is 0 Å². The highest BCUT2D eigenvalue weighted by atomic mass is 19.4. The van der Waals surface area contributed by atoms with E-state index in [1.807, 2.05) is 0 Å². The number of rotatable bonds is 6. The zero-order valence-corrected chi connectivity index (χ0v) is 12.5. The Hall–Kier alpha value is -2.77. The number of carbonyl (C=O) groups is 2. The third-order valence-corrected chi connectivity index (χ3v) is 3.21. The van der Waals surface area contributed by atoms with Crippen LogP contribution in [0.25, 0.3) is 0 Å². The van der Waals surface area contributed by atoms with Gasteiger partial charge in [0.25, 0.3) is 5.91 Å². The number of amides is 2. The average Bonchev–Trinajstić information content (AvgIpc) is 3.07. The van der Waals surface area contributed by atoms with Gasteiger partial charge in [-0.15, -0.1) is 0 Å². The van der Waals surface area contributed by atoms with Crippen LogP contribution in [0.2, 0.25) is 0 Å². The first kappa shape index (κ1) is 17.6. The van der Waals surface area contributed by atoms with Crippen LogP contribution in [0.3, 0.4) is 0 Å². The maximum absolute atomic E-state index is 12.4. The van der Waals surface area contributed by atoms with Crippen LogP contribution in [-0.4, -0.2) is 24.9 Å². The lowest BCUT2D eigenvalue weighted by Gasteiger charge is -2.08. The fourth-order valence-electron chi connectivity index (χ4n) is 1.93. The van der Waals surface area contributed by atoms with Crippen molar-refractivity contribution < 1.29 is 27.2 Å². The maximum atomic E-state index is 12.4. The largest absolute Gasteiger partial charge is 0.472 e. The van der Waals surface area contributed by atoms with Gasteiger partial charge >= 0.3 is 6.18 Å². The number of hydrogen-bond acceptors (Lipinski definition) is 3. The quantitative estimate of drug-likeness (QED) is 0.848. The molecule has 8 heteroatoms. The predicted octanol–water partition coefficient (Wildman–Crippen LogP) is 2.39. The Balaban J connectivity index is 1.70. The smallest absolute Gasteiger partial charge is 0.416 e. The first-order chi connectivity index (χ1) is 11.4. The summed E-state index contributed by atoms with van der Waals surface area (Å²) < 4.78 is 42.0. The molecule has 2 N–H and O–H groups in total. The molecule has 0 aliphatic carbocycles. The number of furan rings is 1. The minimum absolute atomic E-state index is 0.197. The van der Waals surface area contributed by atoms with E-state index in [0.29, 0.717) is 17.5 Å². The summed E-state index contributed by atoms with van der Waals surface area (Å²) in [5.74, 6) is -0.819. The molecule has 0 unspecified atom stereocenters. The van der Waals surface area contributed by atoms with E-state index in [1.54, 1.807) is 0 Å². The van der Waals surface area contributed by atoms with Gasteiger partial charge in [0, 0.05) is 6.54 Å². The van der Waals surface area contributed by atoms with Gasteiger partial charge in [-0.05, 0) is 30.2 Å².